The molecule has 1 aromatic heterocycles. The molecule has 1 N–H and O–H groups in total. The zero-order valence-corrected chi connectivity index (χ0v) is 29.1. The number of nitrogens with one attached hydrogen (secondary N) is 1. The predicted molar refractivity (Wildman–Crippen MR) is 175 cm³/mol. The lowest BCUT2D eigenvalue weighted by molar-refractivity contribution is -0.156. The number of aryl methyl sites for hydroxylation is 1. The number of nitrogens with zero attached hydrogens (tertiary/aromatic N) is 3. The summed E-state index contributed by atoms with van der Waals surface area (Å²) in [6.07, 6.45) is 4.33. The highest BCUT2D eigenvalue weighted by Gasteiger charge is 2.79. The van der Waals surface area contributed by atoms with Crippen molar-refractivity contribution in [2.24, 2.45) is 28.6 Å². The van der Waals surface area contributed by atoms with Gasteiger partial charge in [0, 0.05) is 17.4 Å². The number of amides is 2. The van der Waals surface area contributed by atoms with Gasteiger partial charge in [-0.2, -0.15) is 0 Å². The first-order valence-electron chi connectivity index (χ1n) is 17.1. The normalized spacial score (nSPS) is 32.5. The maximum absolute atomic E-state index is 14.5. The smallest absolute Gasteiger partial charge is 0.408 e. The van der Waals surface area contributed by atoms with E-state index >= 15 is 0 Å². The zero-order valence-electron chi connectivity index (χ0n) is 29.1. The molecule has 3 fully saturated rings. The molecule has 2 aliphatic heterocycles. The van der Waals surface area contributed by atoms with E-state index in [1.165, 1.54) is 4.90 Å². The van der Waals surface area contributed by atoms with Crippen LogP contribution in [0.15, 0.2) is 18.2 Å². The third kappa shape index (κ3) is 6.34. The summed E-state index contributed by atoms with van der Waals surface area (Å²) < 4.78 is 23.9. The molecule has 2 aliphatic carbocycles. The summed E-state index contributed by atoms with van der Waals surface area (Å²) in [4.78, 5) is 52.9. The highest BCUT2D eigenvalue weighted by molar-refractivity contribution is 5.91. The molecule has 2 amide bonds. The molecule has 4 aliphatic rings. The van der Waals surface area contributed by atoms with Crippen LogP contribution in [0.5, 0.6) is 11.6 Å². The van der Waals surface area contributed by atoms with Crippen LogP contribution in [0.1, 0.15) is 86.3 Å². The average Bonchev–Trinajstić information content (AvgIpc) is 3.81. The summed E-state index contributed by atoms with van der Waals surface area (Å²) in [5, 5.41) is 2.90. The van der Waals surface area contributed by atoms with Gasteiger partial charge in [-0.25, -0.2) is 19.6 Å². The van der Waals surface area contributed by atoms with Crippen LogP contribution >= 0.6 is 0 Å². The van der Waals surface area contributed by atoms with Crippen LogP contribution in [0.3, 0.4) is 0 Å². The first-order valence-corrected chi connectivity index (χ1v) is 17.1. The number of alkyl carbamates (subject to hydrolysis) is 1. The van der Waals surface area contributed by atoms with Crippen molar-refractivity contribution in [1.82, 2.24) is 20.2 Å². The Kier molecular flexibility index (Phi) is 8.58. The lowest BCUT2D eigenvalue weighted by atomic mass is 9.85. The van der Waals surface area contributed by atoms with Crippen molar-refractivity contribution in [2.75, 3.05) is 20.3 Å². The van der Waals surface area contributed by atoms with Crippen LogP contribution in [-0.2, 0) is 25.5 Å². The Balaban J connectivity index is 1.38. The van der Waals surface area contributed by atoms with Gasteiger partial charge in [-0.15, -0.1) is 0 Å². The number of benzene rings is 1. The van der Waals surface area contributed by atoms with Gasteiger partial charge in [-0.05, 0) is 68.4 Å². The topological polar surface area (TPSA) is 129 Å². The van der Waals surface area contributed by atoms with Gasteiger partial charge in [0.2, 0.25) is 11.8 Å². The van der Waals surface area contributed by atoms with Gasteiger partial charge in [0.05, 0.1) is 31.3 Å². The number of aromatic nitrogens is 2. The molecule has 3 heterocycles. The fourth-order valence-corrected chi connectivity index (χ4v) is 7.76. The minimum atomic E-state index is -0.947. The summed E-state index contributed by atoms with van der Waals surface area (Å²) in [5.74, 6) is 0.392. The quantitative estimate of drug-likeness (QED) is 0.429. The largest absolute Gasteiger partial charge is 0.497 e. The molecular formula is C36H50N4O7. The van der Waals surface area contributed by atoms with E-state index in [9.17, 15) is 14.4 Å². The molecule has 1 spiro atoms. The number of fused-ring (bicyclic) bond motifs is 4. The maximum Gasteiger partial charge on any atom is 0.408 e. The minimum Gasteiger partial charge on any atom is -0.497 e. The van der Waals surface area contributed by atoms with Gasteiger partial charge in [-0.1, -0.05) is 48.0 Å². The Bertz CT molecular complexity index is 1560. The molecule has 11 nitrogen and oxygen atoms in total. The lowest BCUT2D eigenvalue weighted by Crippen LogP contribution is -2.57. The van der Waals surface area contributed by atoms with Crippen LogP contribution in [-0.4, -0.2) is 76.9 Å². The lowest BCUT2D eigenvalue weighted by Gasteiger charge is -2.35. The van der Waals surface area contributed by atoms with E-state index in [0.29, 0.717) is 29.5 Å². The number of hydrogen-bond acceptors (Lipinski definition) is 9. The van der Waals surface area contributed by atoms with Crippen molar-refractivity contribution >= 4 is 29.0 Å². The molecule has 2 bridgehead atoms. The fraction of sp³-hybridized carbons (Fsp3) is 0.694. The zero-order chi connectivity index (χ0) is 33.9. The summed E-state index contributed by atoms with van der Waals surface area (Å²) >= 11 is 0. The van der Waals surface area contributed by atoms with Crippen molar-refractivity contribution in [3.05, 3.63) is 23.9 Å². The van der Waals surface area contributed by atoms with Crippen molar-refractivity contribution in [2.45, 2.75) is 111 Å². The van der Waals surface area contributed by atoms with Crippen molar-refractivity contribution in [3.8, 4) is 11.6 Å². The molecule has 6 rings (SSSR count). The molecule has 0 radical (unpaired) electrons. The van der Waals surface area contributed by atoms with Crippen LogP contribution < -0.4 is 14.8 Å². The van der Waals surface area contributed by atoms with Crippen LogP contribution in [0.4, 0.5) is 4.79 Å². The highest BCUT2D eigenvalue weighted by atomic mass is 16.6. The molecule has 7 atom stereocenters. The van der Waals surface area contributed by atoms with Crippen molar-refractivity contribution in [3.63, 3.8) is 0 Å². The first kappa shape index (κ1) is 33.3. The molecule has 47 heavy (non-hydrogen) atoms. The van der Waals surface area contributed by atoms with Crippen LogP contribution in [0, 0.1) is 28.6 Å². The Morgan fingerprint density at radius 1 is 1.17 bits per heavy atom. The second kappa shape index (κ2) is 12.1. The highest BCUT2D eigenvalue weighted by Crippen LogP contribution is 2.79. The van der Waals surface area contributed by atoms with Crippen molar-refractivity contribution < 1.29 is 33.3 Å². The van der Waals surface area contributed by atoms with Gasteiger partial charge in [-0.3, -0.25) is 4.79 Å². The van der Waals surface area contributed by atoms with Gasteiger partial charge in [0.15, 0.2) is 0 Å². The maximum atomic E-state index is 14.5. The summed E-state index contributed by atoms with van der Waals surface area (Å²) in [7, 11) is 1.61. The minimum absolute atomic E-state index is 0.0238. The number of ether oxygens (including phenoxy) is 4. The standard InChI is InChI=1S/C36H50N4O7/c1-20(2)18-45-32(42)28-21(3)27-17-40(28)31(41)29(34(4,5)6)39-33(43)47-35(7)19-36(35)16-22(36)11-9-10-12-25-30(46-27)38-26-15-23(44-8)13-14-24(26)37-25/h13-15,20-22,27-29H,9-12,16-19H2,1-8H3,(H,39,43)/t21-,22?,27+,28+,29-,35-,36?/m1/s1. The van der Waals surface area contributed by atoms with E-state index in [-0.39, 0.29) is 30.4 Å². The van der Waals surface area contributed by atoms with Gasteiger partial charge in [0.25, 0.3) is 0 Å². The number of esters is 1. The first-order chi connectivity index (χ1) is 22.2. The molecule has 256 valence electrons. The molecular weight excluding hydrogens is 600 g/mol. The van der Waals surface area contributed by atoms with Crippen LogP contribution in [0.25, 0.3) is 11.0 Å². The Morgan fingerprint density at radius 2 is 1.94 bits per heavy atom. The van der Waals surface area contributed by atoms with E-state index in [2.05, 4.69) is 5.32 Å². The summed E-state index contributed by atoms with van der Waals surface area (Å²) in [5.41, 5.74) is 0.949. The second-order valence-electron chi connectivity index (χ2n) is 15.8. The fourth-order valence-electron chi connectivity index (χ4n) is 7.76. The molecule has 11 heteroatoms. The summed E-state index contributed by atoms with van der Waals surface area (Å²) in [6.45, 7) is 13.9. The SMILES string of the molecule is COc1ccc2nc3c(nc2c1)O[C@H]1CN(C(=O)[C@H](C(C)(C)C)NC(=O)O[C@]2(C)CC24CC4CCCC3)[C@H](C(=O)OCC(C)C)[C@@H]1C. The van der Waals surface area contributed by atoms with Gasteiger partial charge >= 0.3 is 12.1 Å². The van der Waals surface area contributed by atoms with E-state index < -0.39 is 47.2 Å². The Morgan fingerprint density at radius 3 is 2.64 bits per heavy atom. The molecule has 2 saturated carbocycles. The molecule has 2 unspecified atom stereocenters. The van der Waals surface area contributed by atoms with Gasteiger partial charge < -0.3 is 29.2 Å². The second-order valence-corrected chi connectivity index (χ2v) is 15.8. The third-order valence-corrected chi connectivity index (χ3v) is 10.8. The monoisotopic (exact) mass is 650 g/mol. The molecule has 1 aromatic carbocycles. The number of carbonyl (C=O) groups excluding carboxylic acids is 3. The number of hydrogen-bond donors (Lipinski definition) is 1. The van der Waals surface area contributed by atoms with E-state index in [4.69, 9.17) is 28.9 Å². The van der Waals surface area contributed by atoms with Gasteiger partial charge in [0.1, 0.15) is 35.2 Å². The van der Waals surface area contributed by atoms with E-state index in [1.807, 2.05) is 66.7 Å². The van der Waals surface area contributed by atoms with Crippen molar-refractivity contribution in [1.29, 1.82) is 0 Å². The number of methoxy groups -OCH3 is 1. The predicted octanol–water partition coefficient (Wildman–Crippen LogP) is 5.47. The molecule has 1 saturated heterocycles. The molecule has 2 aromatic rings. The number of carbonyl (C=O) groups is 3. The van der Waals surface area contributed by atoms with Crippen LogP contribution in [0.2, 0.25) is 0 Å². The third-order valence-electron chi connectivity index (χ3n) is 10.8. The Labute approximate surface area is 277 Å². The summed E-state index contributed by atoms with van der Waals surface area (Å²) in [6, 6.07) is 3.73. The Hall–Kier alpha value is -3.63. The number of rotatable bonds is 4. The average molecular weight is 651 g/mol. The van der Waals surface area contributed by atoms with E-state index in [1.54, 1.807) is 7.11 Å². The van der Waals surface area contributed by atoms with E-state index in [0.717, 1.165) is 43.3 Å².